The smallest absolute Gasteiger partial charge is 0.0749 e. The lowest BCUT2D eigenvalue weighted by molar-refractivity contribution is 0.135. The van der Waals surface area contributed by atoms with Gasteiger partial charge in [-0.15, -0.1) is 6.58 Å². The van der Waals surface area contributed by atoms with Crippen molar-refractivity contribution in [2.45, 2.75) is 32.8 Å². The molecule has 0 heterocycles. The lowest BCUT2D eigenvalue weighted by Crippen LogP contribution is -2.23. The zero-order valence-electron chi connectivity index (χ0n) is 7.96. The van der Waals surface area contributed by atoms with Crippen molar-refractivity contribution >= 4 is 0 Å². The Bertz CT molecular complexity index is 193. The molecule has 1 heteroatoms. The standard InChI is InChI=1S/C11H18O/c1-4-11(12)10-6-8(2)5-9(3)7-10/h4-5,8,10-12H,1,6-7H2,2-3H3. The quantitative estimate of drug-likeness (QED) is 0.625. The third-order valence-electron chi connectivity index (χ3n) is 2.55. The van der Waals surface area contributed by atoms with E-state index in [-0.39, 0.29) is 6.10 Å². The van der Waals surface area contributed by atoms with Crippen molar-refractivity contribution in [2.75, 3.05) is 0 Å². The van der Waals surface area contributed by atoms with Gasteiger partial charge in [-0.25, -0.2) is 0 Å². The molecule has 0 saturated heterocycles. The van der Waals surface area contributed by atoms with Crippen molar-refractivity contribution in [1.29, 1.82) is 0 Å². The van der Waals surface area contributed by atoms with Crippen molar-refractivity contribution in [1.82, 2.24) is 0 Å². The molecular formula is C11H18O. The van der Waals surface area contributed by atoms with E-state index in [1.165, 1.54) is 5.57 Å². The second-order valence-corrected chi connectivity index (χ2v) is 3.92. The van der Waals surface area contributed by atoms with E-state index in [1.54, 1.807) is 6.08 Å². The number of hydrogen-bond donors (Lipinski definition) is 1. The zero-order chi connectivity index (χ0) is 9.14. The average molecular weight is 166 g/mol. The van der Waals surface area contributed by atoms with Crippen LogP contribution in [0.4, 0.5) is 0 Å². The highest BCUT2D eigenvalue weighted by Crippen LogP contribution is 2.30. The average Bonchev–Trinajstić information content (AvgIpc) is 2.01. The molecule has 1 aliphatic rings. The molecule has 0 fully saturated rings. The molecule has 0 saturated carbocycles. The minimum atomic E-state index is -0.323. The van der Waals surface area contributed by atoms with Gasteiger partial charge >= 0.3 is 0 Å². The van der Waals surface area contributed by atoms with Gasteiger partial charge in [-0.3, -0.25) is 0 Å². The molecule has 0 bridgehead atoms. The fourth-order valence-corrected chi connectivity index (χ4v) is 2.05. The molecule has 0 radical (unpaired) electrons. The minimum absolute atomic E-state index is 0.323. The van der Waals surface area contributed by atoms with E-state index >= 15 is 0 Å². The monoisotopic (exact) mass is 166 g/mol. The number of hydrogen-bond acceptors (Lipinski definition) is 1. The lowest BCUT2D eigenvalue weighted by Gasteiger charge is -2.27. The molecule has 0 spiro atoms. The van der Waals surface area contributed by atoms with Crippen LogP contribution < -0.4 is 0 Å². The van der Waals surface area contributed by atoms with Crippen molar-refractivity contribution in [2.24, 2.45) is 11.8 Å². The van der Waals surface area contributed by atoms with Gasteiger partial charge < -0.3 is 5.11 Å². The summed E-state index contributed by atoms with van der Waals surface area (Å²) in [7, 11) is 0. The van der Waals surface area contributed by atoms with Gasteiger partial charge in [0.2, 0.25) is 0 Å². The first kappa shape index (κ1) is 9.53. The Hall–Kier alpha value is -0.560. The normalized spacial score (nSPS) is 32.4. The van der Waals surface area contributed by atoms with Gasteiger partial charge in [0.15, 0.2) is 0 Å². The van der Waals surface area contributed by atoms with Crippen LogP contribution in [-0.4, -0.2) is 11.2 Å². The van der Waals surface area contributed by atoms with Crippen LogP contribution in [0.15, 0.2) is 24.3 Å². The highest BCUT2D eigenvalue weighted by atomic mass is 16.3. The third kappa shape index (κ3) is 2.21. The summed E-state index contributed by atoms with van der Waals surface area (Å²) in [6.07, 6.45) is 5.74. The topological polar surface area (TPSA) is 20.2 Å². The van der Waals surface area contributed by atoms with Crippen LogP contribution >= 0.6 is 0 Å². The molecule has 1 rings (SSSR count). The second kappa shape index (κ2) is 3.90. The van der Waals surface area contributed by atoms with E-state index in [2.05, 4.69) is 26.5 Å². The molecular weight excluding hydrogens is 148 g/mol. The summed E-state index contributed by atoms with van der Waals surface area (Å²) >= 11 is 0. The number of aliphatic hydroxyl groups excluding tert-OH is 1. The van der Waals surface area contributed by atoms with E-state index in [4.69, 9.17) is 0 Å². The first-order chi connectivity index (χ1) is 5.63. The van der Waals surface area contributed by atoms with Crippen LogP contribution in [0.25, 0.3) is 0 Å². The summed E-state index contributed by atoms with van der Waals surface area (Å²) in [6.45, 7) is 7.95. The Morgan fingerprint density at radius 1 is 1.75 bits per heavy atom. The molecule has 3 unspecified atom stereocenters. The van der Waals surface area contributed by atoms with E-state index in [1.807, 2.05) is 0 Å². The van der Waals surface area contributed by atoms with Crippen LogP contribution in [0.3, 0.4) is 0 Å². The second-order valence-electron chi connectivity index (χ2n) is 3.92. The summed E-state index contributed by atoms with van der Waals surface area (Å²) in [5.74, 6) is 1.00. The van der Waals surface area contributed by atoms with Crippen molar-refractivity contribution in [3.63, 3.8) is 0 Å². The molecule has 3 atom stereocenters. The maximum Gasteiger partial charge on any atom is 0.0749 e. The van der Waals surface area contributed by atoms with Crippen LogP contribution in [0.1, 0.15) is 26.7 Å². The number of aliphatic hydroxyl groups is 1. The number of allylic oxidation sites excluding steroid dienone is 2. The van der Waals surface area contributed by atoms with Gasteiger partial charge in [0.1, 0.15) is 0 Å². The van der Waals surface area contributed by atoms with Gasteiger partial charge in [-0.1, -0.05) is 24.6 Å². The molecule has 0 aromatic heterocycles. The predicted molar refractivity (Wildman–Crippen MR) is 51.8 cm³/mol. The fourth-order valence-electron chi connectivity index (χ4n) is 2.05. The summed E-state index contributed by atoms with van der Waals surface area (Å²) in [5.41, 5.74) is 1.40. The Morgan fingerprint density at radius 2 is 2.42 bits per heavy atom. The summed E-state index contributed by atoms with van der Waals surface area (Å²) in [4.78, 5) is 0. The highest BCUT2D eigenvalue weighted by Gasteiger charge is 2.22. The molecule has 0 aromatic rings. The minimum Gasteiger partial charge on any atom is -0.389 e. The molecule has 68 valence electrons. The fraction of sp³-hybridized carbons (Fsp3) is 0.636. The van der Waals surface area contributed by atoms with E-state index in [9.17, 15) is 5.11 Å². The molecule has 0 aliphatic heterocycles. The van der Waals surface area contributed by atoms with Crippen molar-refractivity contribution < 1.29 is 5.11 Å². The van der Waals surface area contributed by atoms with Gasteiger partial charge in [-0.05, 0) is 31.6 Å². The summed E-state index contributed by atoms with van der Waals surface area (Å²) in [6, 6.07) is 0. The zero-order valence-corrected chi connectivity index (χ0v) is 7.96. The van der Waals surface area contributed by atoms with Crippen molar-refractivity contribution in [3.05, 3.63) is 24.3 Å². The molecule has 1 nitrogen and oxygen atoms in total. The lowest BCUT2D eigenvalue weighted by atomic mass is 9.81. The molecule has 0 amide bonds. The highest BCUT2D eigenvalue weighted by molar-refractivity contribution is 5.08. The van der Waals surface area contributed by atoms with Gasteiger partial charge in [0.25, 0.3) is 0 Å². The first-order valence-electron chi connectivity index (χ1n) is 4.61. The summed E-state index contributed by atoms with van der Waals surface area (Å²) in [5, 5.41) is 9.57. The van der Waals surface area contributed by atoms with Crippen molar-refractivity contribution in [3.8, 4) is 0 Å². The van der Waals surface area contributed by atoms with E-state index in [0.29, 0.717) is 11.8 Å². The largest absolute Gasteiger partial charge is 0.389 e. The van der Waals surface area contributed by atoms with Crippen LogP contribution in [0, 0.1) is 11.8 Å². The van der Waals surface area contributed by atoms with Gasteiger partial charge in [0.05, 0.1) is 6.10 Å². The summed E-state index contributed by atoms with van der Waals surface area (Å²) < 4.78 is 0. The van der Waals surface area contributed by atoms with E-state index < -0.39 is 0 Å². The maximum atomic E-state index is 9.57. The molecule has 1 N–H and O–H groups in total. The SMILES string of the molecule is C=CC(O)C1CC(C)=CC(C)C1. The molecule has 1 aliphatic carbocycles. The maximum absolute atomic E-state index is 9.57. The molecule has 0 aromatic carbocycles. The Labute approximate surface area is 74.8 Å². The first-order valence-corrected chi connectivity index (χ1v) is 4.61. The van der Waals surface area contributed by atoms with Crippen LogP contribution in [-0.2, 0) is 0 Å². The Balaban J connectivity index is 2.60. The number of rotatable bonds is 2. The Morgan fingerprint density at radius 3 is 2.92 bits per heavy atom. The Kier molecular flexibility index (Phi) is 3.10. The predicted octanol–water partition coefficient (Wildman–Crippen LogP) is 2.53. The van der Waals surface area contributed by atoms with Gasteiger partial charge in [-0.2, -0.15) is 0 Å². The van der Waals surface area contributed by atoms with E-state index in [0.717, 1.165) is 12.8 Å². The van der Waals surface area contributed by atoms with Crippen LogP contribution in [0.2, 0.25) is 0 Å². The van der Waals surface area contributed by atoms with Crippen LogP contribution in [0.5, 0.6) is 0 Å². The van der Waals surface area contributed by atoms with Gasteiger partial charge in [0, 0.05) is 0 Å². The third-order valence-corrected chi connectivity index (χ3v) is 2.55. The molecule has 12 heavy (non-hydrogen) atoms.